The Labute approximate surface area is 244 Å². The molecule has 222 valence electrons. The second-order valence-electron chi connectivity index (χ2n) is 11.4. The standard InChI is InChI=1S/C31H38N6O5/c1-21(2)37-28-26(30(38)35(31(37)39)16-8-18-41-24-11-6-7-17-40-24)36(19-22-9-4-3-5-10-22)27(34-28)25-29(33-15-14-32-25)42-20-23-12-13-23/h3-5,9-10,14-15,21,23-24H,6-8,11-13,16-20H2,1-2H3. The van der Waals surface area contributed by atoms with E-state index in [0.717, 1.165) is 37.7 Å². The predicted octanol–water partition coefficient (Wildman–Crippen LogP) is 4.17. The summed E-state index contributed by atoms with van der Waals surface area (Å²) in [5.41, 5.74) is 1.32. The van der Waals surface area contributed by atoms with Gasteiger partial charge >= 0.3 is 5.69 Å². The Bertz CT molecular complexity index is 1630. The van der Waals surface area contributed by atoms with Gasteiger partial charge < -0.3 is 18.8 Å². The van der Waals surface area contributed by atoms with Crippen LogP contribution in [0.3, 0.4) is 0 Å². The van der Waals surface area contributed by atoms with Gasteiger partial charge in [0.25, 0.3) is 5.56 Å². The molecule has 4 aromatic rings. The number of fused-ring (bicyclic) bond motifs is 1. The fourth-order valence-electron chi connectivity index (χ4n) is 5.36. The number of hydrogen-bond donors (Lipinski definition) is 0. The molecule has 1 unspecified atom stereocenters. The zero-order chi connectivity index (χ0) is 29.1. The molecule has 0 amide bonds. The minimum Gasteiger partial charge on any atom is -0.476 e. The van der Waals surface area contributed by atoms with Crippen molar-refractivity contribution in [2.75, 3.05) is 19.8 Å². The van der Waals surface area contributed by atoms with E-state index in [-0.39, 0.29) is 24.4 Å². The van der Waals surface area contributed by atoms with E-state index in [0.29, 0.717) is 67.3 Å². The Balaban J connectivity index is 1.44. The summed E-state index contributed by atoms with van der Waals surface area (Å²) in [7, 11) is 0. The molecule has 6 rings (SSSR count). The normalized spacial score (nSPS) is 17.3. The van der Waals surface area contributed by atoms with Crippen molar-refractivity contribution in [3.05, 3.63) is 69.1 Å². The van der Waals surface area contributed by atoms with Crippen LogP contribution >= 0.6 is 0 Å². The summed E-state index contributed by atoms with van der Waals surface area (Å²) in [5.74, 6) is 1.33. The van der Waals surface area contributed by atoms with Crippen molar-refractivity contribution in [3.8, 4) is 17.4 Å². The molecule has 42 heavy (non-hydrogen) atoms. The minimum atomic E-state index is -0.392. The summed E-state index contributed by atoms with van der Waals surface area (Å²) in [6.45, 7) is 6.07. The zero-order valence-corrected chi connectivity index (χ0v) is 24.3. The van der Waals surface area contributed by atoms with Crippen LogP contribution in [-0.2, 0) is 22.6 Å². The number of nitrogens with zero attached hydrogens (tertiary/aromatic N) is 6. The smallest absolute Gasteiger partial charge is 0.332 e. The summed E-state index contributed by atoms with van der Waals surface area (Å²) in [4.78, 5) is 41.9. The van der Waals surface area contributed by atoms with Gasteiger partial charge in [-0.05, 0) is 63.9 Å². The van der Waals surface area contributed by atoms with Crippen LogP contribution in [0.15, 0.2) is 52.3 Å². The summed E-state index contributed by atoms with van der Waals surface area (Å²) in [6.07, 6.45) is 8.73. The van der Waals surface area contributed by atoms with Gasteiger partial charge in [0.1, 0.15) is 0 Å². The first-order chi connectivity index (χ1) is 20.5. The Morgan fingerprint density at radius 2 is 1.83 bits per heavy atom. The van der Waals surface area contributed by atoms with Crippen molar-refractivity contribution in [1.29, 1.82) is 0 Å². The van der Waals surface area contributed by atoms with Crippen LogP contribution < -0.4 is 16.0 Å². The molecule has 2 fully saturated rings. The van der Waals surface area contributed by atoms with Gasteiger partial charge in [-0.3, -0.25) is 13.9 Å². The van der Waals surface area contributed by atoms with Crippen molar-refractivity contribution in [1.82, 2.24) is 28.7 Å². The first-order valence-corrected chi connectivity index (χ1v) is 15.0. The Kier molecular flexibility index (Phi) is 8.48. The highest BCUT2D eigenvalue weighted by Gasteiger charge is 2.28. The molecule has 1 saturated carbocycles. The zero-order valence-electron chi connectivity index (χ0n) is 24.3. The third-order valence-electron chi connectivity index (χ3n) is 7.76. The molecule has 1 aliphatic heterocycles. The molecule has 1 atom stereocenters. The van der Waals surface area contributed by atoms with Gasteiger partial charge in [-0.25, -0.2) is 19.7 Å². The fourth-order valence-corrected chi connectivity index (χ4v) is 5.36. The number of hydrogen-bond acceptors (Lipinski definition) is 8. The molecule has 11 nitrogen and oxygen atoms in total. The highest BCUT2D eigenvalue weighted by Crippen LogP contribution is 2.32. The summed E-state index contributed by atoms with van der Waals surface area (Å²) >= 11 is 0. The molecule has 11 heteroatoms. The lowest BCUT2D eigenvalue weighted by atomic mass is 10.2. The lowest BCUT2D eigenvalue weighted by molar-refractivity contribution is -0.163. The highest BCUT2D eigenvalue weighted by molar-refractivity contribution is 5.77. The van der Waals surface area contributed by atoms with Crippen LogP contribution in [0.4, 0.5) is 0 Å². The molecule has 3 aromatic heterocycles. The Morgan fingerprint density at radius 1 is 1.02 bits per heavy atom. The maximum Gasteiger partial charge on any atom is 0.332 e. The molecule has 0 bridgehead atoms. The Hall–Kier alpha value is -3.83. The largest absolute Gasteiger partial charge is 0.476 e. The van der Waals surface area contributed by atoms with E-state index in [1.54, 1.807) is 17.0 Å². The van der Waals surface area contributed by atoms with Crippen molar-refractivity contribution >= 4 is 11.2 Å². The van der Waals surface area contributed by atoms with Crippen molar-refractivity contribution in [3.63, 3.8) is 0 Å². The molecule has 0 spiro atoms. The SMILES string of the molecule is CC(C)n1c(=O)n(CCCOC2CCCCO2)c(=O)c2c1nc(-c1nccnc1OCC1CC1)n2Cc1ccccc1. The Morgan fingerprint density at radius 3 is 2.57 bits per heavy atom. The van der Waals surface area contributed by atoms with Crippen molar-refractivity contribution in [2.45, 2.75) is 77.8 Å². The minimum absolute atomic E-state index is 0.219. The van der Waals surface area contributed by atoms with E-state index in [2.05, 4.69) is 9.97 Å². The highest BCUT2D eigenvalue weighted by atomic mass is 16.7. The van der Waals surface area contributed by atoms with E-state index in [4.69, 9.17) is 19.2 Å². The van der Waals surface area contributed by atoms with E-state index in [1.807, 2.05) is 48.7 Å². The lowest BCUT2D eigenvalue weighted by Crippen LogP contribution is -2.41. The number of rotatable bonds is 12. The quantitative estimate of drug-likeness (QED) is 0.232. The summed E-state index contributed by atoms with van der Waals surface area (Å²) < 4.78 is 22.4. The van der Waals surface area contributed by atoms with Crippen LogP contribution in [0.25, 0.3) is 22.7 Å². The van der Waals surface area contributed by atoms with E-state index in [9.17, 15) is 9.59 Å². The van der Waals surface area contributed by atoms with Gasteiger partial charge in [-0.15, -0.1) is 0 Å². The number of benzene rings is 1. The van der Waals surface area contributed by atoms with E-state index in [1.165, 1.54) is 4.57 Å². The van der Waals surface area contributed by atoms with Crippen LogP contribution in [0.1, 0.15) is 64.0 Å². The third-order valence-corrected chi connectivity index (χ3v) is 7.76. The molecule has 0 N–H and O–H groups in total. The molecule has 1 aromatic carbocycles. The summed E-state index contributed by atoms with van der Waals surface area (Å²) in [5, 5.41) is 0. The van der Waals surface area contributed by atoms with Gasteiger partial charge in [0, 0.05) is 38.1 Å². The van der Waals surface area contributed by atoms with Crippen molar-refractivity contribution in [2.24, 2.45) is 5.92 Å². The maximum absolute atomic E-state index is 14.1. The van der Waals surface area contributed by atoms with Gasteiger partial charge in [-0.1, -0.05) is 30.3 Å². The molecular formula is C31H38N6O5. The predicted molar refractivity (Wildman–Crippen MR) is 158 cm³/mol. The topological polar surface area (TPSA) is 115 Å². The monoisotopic (exact) mass is 574 g/mol. The van der Waals surface area contributed by atoms with Crippen LogP contribution in [0.2, 0.25) is 0 Å². The van der Waals surface area contributed by atoms with Gasteiger partial charge in [-0.2, -0.15) is 0 Å². The third kappa shape index (κ3) is 6.03. The molecule has 2 aliphatic rings. The van der Waals surface area contributed by atoms with E-state index >= 15 is 0 Å². The summed E-state index contributed by atoms with van der Waals surface area (Å²) in [6, 6.07) is 9.63. The second-order valence-corrected chi connectivity index (χ2v) is 11.4. The molecular weight excluding hydrogens is 536 g/mol. The van der Waals surface area contributed by atoms with E-state index < -0.39 is 5.69 Å². The van der Waals surface area contributed by atoms with Crippen LogP contribution in [0, 0.1) is 5.92 Å². The maximum atomic E-state index is 14.1. The average Bonchev–Trinajstić information content (AvgIpc) is 3.77. The van der Waals surface area contributed by atoms with Gasteiger partial charge in [0.2, 0.25) is 5.88 Å². The number of aromatic nitrogens is 6. The molecule has 1 saturated heterocycles. The molecule has 0 radical (unpaired) electrons. The number of ether oxygens (including phenoxy) is 3. The second kappa shape index (κ2) is 12.6. The number of imidazole rings is 1. The lowest BCUT2D eigenvalue weighted by Gasteiger charge is -2.22. The molecule has 4 heterocycles. The fraction of sp³-hybridized carbons (Fsp3) is 0.516. The first-order valence-electron chi connectivity index (χ1n) is 15.0. The van der Waals surface area contributed by atoms with Crippen molar-refractivity contribution < 1.29 is 14.2 Å². The molecule has 1 aliphatic carbocycles. The van der Waals surface area contributed by atoms with Gasteiger partial charge in [0.15, 0.2) is 29.0 Å². The average molecular weight is 575 g/mol. The van der Waals surface area contributed by atoms with Crippen LogP contribution in [0.5, 0.6) is 5.88 Å². The van der Waals surface area contributed by atoms with Crippen LogP contribution in [-0.4, -0.2) is 54.8 Å². The van der Waals surface area contributed by atoms with Gasteiger partial charge in [0.05, 0.1) is 13.2 Å². The first kappa shape index (κ1) is 28.3.